The molecule has 0 saturated heterocycles. The molecule has 0 aromatic heterocycles. The molecule has 3 radical (unpaired) electrons. The fourth-order valence-corrected chi connectivity index (χ4v) is 0. The maximum atomic E-state index is 9.21. The van der Waals surface area contributed by atoms with Gasteiger partial charge >= 0.3 is 0 Å². The second-order valence-corrected chi connectivity index (χ2v) is 1.00. The van der Waals surface area contributed by atoms with Gasteiger partial charge in [-0.25, -0.2) is 0 Å². The van der Waals surface area contributed by atoms with E-state index < -0.39 is 0 Å². The summed E-state index contributed by atoms with van der Waals surface area (Å²) in [4.78, 5) is 9.21. The van der Waals surface area contributed by atoms with Crippen LogP contribution in [0.25, 0.3) is 0 Å². The van der Waals surface area contributed by atoms with Crippen molar-refractivity contribution in [3.8, 4) is 0 Å². The van der Waals surface area contributed by atoms with Gasteiger partial charge in [0.05, 0.1) is 0 Å². The fourth-order valence-electron chi connectivity index (χ4n) is 0. The second-order valence-electron chi connectivity index (χ2n) is 0.470. The van der Waals surface area contributed by atoms with E-state index in [0.29, 0.717) is 0 Å². The summed E-state index contributed by atoms with van der Waals surface area (Å²) in [5.41, 5.74) is 0. The molecule has 0 aliphatic rings. The summed E-state index contributed by atoms with van der Waals surface area (Å²) in [6.07, 6.45) is 0. The summed E-state index contributed by atoms with van der Waals surface area (Å²) < 4.78 is 0. The maximum absolute atomic E-state index is 9.21. The zero-order valence-electron chi connectivity index (χ0n) is 2.73. The van der Waals surface area contributed by atoms with Crippen LogP contribution in [-0.2, 0) is 4.79 Å². The normalized spacial score (nSPS) is 5.20. The van der Waals surface area contributed by atoms with Crippen LogP contribution in [0, 0.1) is 0 Å². The number of halogens is 1. The Morgan fingerprint density at radius 3 is 1.80 bits per heavy atom. The second kappa shape index (κ2) is 4.78. The number of hydrogen-bond donors (Lipinski definition) is 0. The van der Waals surface area contributed by atoms with Gasteiger partial charge in [0, 0.05) is 31.4 Å². The minimum Gasteiger partial charge on any atom is -0.282 e. The van der Waals surface area contributed by atoms with Gasteiger partial charge in [-0.05, 0) is 11.6 Å². The van der Waals surface area contributed by atoms with Crippen LogP contribution in [0.1, 0.15) is 6.92 Å². The summed E-state index contributed by atoms with van der Waals surface area (Å²) in [5.74, 6) is 0. The average Bonchev–Trinajstić information content (AvgIpc) is 0.811. The van der Waals surface area contributed by atoms with Crippen LogP contribution in [0.2, 0.25) is 0 Å². The fraction of sp³-hybridized carbons (Fsp3) is 0.500. The Labute approximate surface area is 53.1 Å². The maximum Gasteiger partial charge on any atom is 0.218 e. The summed E-state index contributed by atoms with van der Waals surface area (Å²) in [7, 11) is 0. The Balaban J connectivity index is 0. The van der Waals surface area contributed by atoms with Crippen molar-refractivity contribution in [1.29, 1.82) is 0 Å². The molecule has 0 aliphatic carbocycles. The van der Waals surface area contributed by atoms with Crippen molar-refractivity contribution in [1.82, 2.24) is 0 Å². The van der Waals surface area contributed by atoms with Gasteiger partial charge in [0.1, 0.15) is 0 Å². The first kappa shape index (κ1) is 9.24. The van der Waals surface area contributed by atoms with Crippen molar-refractivity contribution in [2.75, 3.05) is 0 Å². The Morgan fingerprint density at radius 2 is 1.80 bits per heavy atom. The van der Waals surface area contributed by atoms with Gasteiger partial charge in [-0.3, -0.25) is 4.79 Å². The standard InChI is InChI=1S/C2H3ClO.Sb/c1-2(3)4;/h1H3;. The van der Waals surface area contributed by atoms with E-state index in [2.05, 4.69) is 11.6 Å². The molecule has 0 N–H and O–H groups in total. The molecule has 0 spiro atoms. The number of carbonyl (C=O) groups is 1. The van der Waals surface area contributed by atoms with E-state index >= 15 is 0 Å². The summed E-state index contributed by atoms with van der Waals surface area (Å²) in [6, 6.07) is 0. The molecule has 0 heterocycles. The van der Waals surface area contributed by atoms with Crippen LogP contribution in [0.3, 0.4) is 0 Å². The average molecular weight is 200 g/mol. The first-order valence-corrected chi connectivity index (χ1v) is 1.27. The van der Waals surface area contributed by atoms with Gasteiger partial charge in [0.2, 0.25) is 5.24 Å². The van der Waals surface area contributed by atoms with Crippen molar-refractivity contribution in [2.45, 2.75) is 6.92 Å². The van der Waals surface area contributed by atoms with Crippen molar-refractivity contribution < 1.29 is 4.79 Å². The van der Waals surface area contributed by atoms with Crippen molar-refractivity contribution in [2.24, 2.45) is 0 Å². The van der Waals surface area contributed by atoms with Crippen LogP contribution in [0.15, 0.2) is 0 Å². The zero-order chi connectivity index (χ0) is 3.58. The molecule has 5 heavy (non-hydrogen) atoms. The van der Waals surface area contributed by atoms with Crippen LogP contribution in [0.5, 0.6) is 0 Å². The van der Waals surface area contributed by atoms with E-state index in [9.17, 15) is 4.79 Å². The van der Waals surface area contributed by atoms with Crippen LogP contribution < -0.4 is 0 Å². The predicted molar refractivity (Wildman–Crippen MR) is 22.3 cm³/mol. The zero-order valence-corrected chi connectivity index (χ0v) is 6.04. The molecular weight excluding hydrogens is 197 g/mol. The molecule has 0 bridgehead atoms. The van der Waals surface area contributed by atoms with Crippen molar-refractivity contribution in [3.05, 3.63) is 0 Å². The third-order valence-corrected chi connectivity index (χ3v) is 0. The number of rotatable bonds is 0. The van der Waals surface area contributed by atoms with E-state index in [0.717, 1.165) is 0 Å². The Morgan fingerprint density at radius 1 is 1.80 bits per heavy atom. The van der Waals surface area contributed by atoms with Crippen LogP contribution in [-0.4, -0.2) is 29.7 Å². The SMILES string of the molecule is CC(=O)Cl.[Sb]. The Hall–Kier alpha value is 0.778. The van der Waals surface area contributed by atoms with E-state index in [1.54, 1.807) is 0 Å². The van der Waals surface area contributed by atoms with E-state index in [1.807, 2.05) is 0 Å². The summed E-state index contributed by atoms with van der Waals surface area (Å²) in [6.45, 7) is 1.29. The van der Waals surface area contributed by atoms with E-state index in [-0.39, 0.29) is 29.7 Å². The molecule has 0 aromatic rings. The number of carbonyl (C=O) groups excluding carboxylic acids is 1. The molecule has 0 aliphatic heterocycles. The predicted octanol–water partition coefficient (Wildman–Crippen LogP) is 0.391. The first-order valence-electron chi connectivity index (χ1n) is 0.893. The smallest absolute Gasteiger partial charge is 0.218 e. The third-order valence-electron chi connectivity index (χ3n) is 0. The molecule has 29 valence electrons. The van der Waals surface area contributed by atoms with Gasteiger partial charge in [0.25, 0.3) is 0 Å². The van der Waals surface area contributed by atoms with Crippen molar-refractivity contribution in [3.63, 3.8) is 0 Å². The molecule has 3 heteroatoms. The summed E-state index contributed by atoms with van der Waals surface area (Å²) in [5, 5.41) is -0.361. The number of hydrogen-bond acceptors (Lipinski definition) is 1. The topological polar surface area (TPSA) is 17.1 Å². The largest absolute Gasteiger partial charge is 0.282 e. The van der Waals surface area contributed by atoms with Gasteiger partial charge < -0.3 is 0 Å². The molecular formula is C2H3ClOSb. The van der Waals surface area contributed by atoms with Crippen LogP contribution in [0.4, 0.5) is 0 Å². The van der Waals surface area contributed by atoms with Gasteiger partial charge in [0.15, 0.2) is 0 Å². The molecule has 0 saturated carbocycles. The Kier molecular flexibility index (Phi) is 8.83. The molecule has 1 nitrogen and oxygen atoms in total. The molecule has 0 amide bonds. The van der Waals surface area contributed by atoms with E-state index in [1.165, 1.54) is 6.92 Å². The Bertz CT molecular complexity index is 32.6. The molecule has 0 unspecified atom stereocenters. The molecule has 0 aromatic carbocycles. The van der Waals surface area contributed by atoms with Crippen molar-refractivity contribution >= 4 is 41.3 Å². The molecule has 0 rings (SSSR count). The minimum atomic E-state index is -0.361. The van der Waals surface area contributed by atoms with Gasteiger partial charge in [-0.1, -0.05) is 0 Å². The van der Waals surface area contributed by atoms with Gasteiger partial charge in [-0.2, -0.15) is 0 Å². The molecule has 0 atom stereocenters. The summed E-state index contributed by atoms with van der Waals surface area (Å²) >= 11 is 4.64. The third kappa shape index (κ3) is 60.9. The molecule has 0 fully saturated rings. The first-order chi connectivity index (χ1) is 1.73. The van der Waals surface area contributed by atoms with E-state index in [4.69, 9.17) is 0 Å². The monoisotopic (exact) mass is 199 g/mol. The van der Waals surface area contributed by atoms with Crippen LogP contribution >= 0.6 is 11.6 Å². The van der Waals surface area contributed by atoms with Gasteiger partial charge in [-0.15, -0.1) is 0 Å². The quantitative estimate of drug-likeness (QED) is 0.408. The minimum absolute atomic E-state index is 0.